The van der Waals surface area contributed by atoms with Crippen molar-refractivity contribution in [2.24, 2.45) is 0 Å². The third-order valence-electron chi connectivity index (χ3n) is 2.78. The molecule has 0 aliphatic carbocycles. The summed E-state index contributed by atoms with van der Waals surface area (Å²) in [5.74, 6) is 0.419. The maximum Gasteiger partial charge on any atom is 0.123 e. The molecule has 114 valence electrons. The SMILES string of the molecule is COCCNCc1cnc(CCOc2ccc(F)cc2)s1. The first-order chi connectivity index (χ1) is 10.3. The third kappa shape index (κ3) is 5.79. The minimum Gasteiger partial charge on any atom is -0.493 e. The molecule has 0 amide bonds. The number of aromatic nitrogens is 1. The van der Waals surface area contributed by atoms with Crippen LogP contribution in [0, 0.1) is 5.82 Å². The number of benzene rings is 1. The smallest absolute Gasteiger partial charge is 0.123 e. The van der Waals surface area contributed by atoms with Gasteiger partial charge in [0.25, 0.3) is 0 Å². The highest BCUT2D eigenvalue weighted by Gasteiger charge is 2.03. The summed E-state index contributed by atoms with van der Waals surface area (Å²) in [6, 6.07) is 6.04. The van der Waals surface area contributed by atoms with E-state index in [1.54, 1.807) is 30.6 Å². The first-order valence-corrected chi connectivity index (χ1v) is 7.61. The van der Waals surface area contributed by atoms with Gasteiger partial charge in [0.15, 0.2) is 0 Å². The summed E-state index contributed by atoms with van der Waals surface area (Å²) in [6.07, 6.45) is 2.64. The van der Waals surface area contributed by atoms with Gasteiger partial charge in [-0.15, -0.1) is 11.3 Å². The summed E-state index contributed by atoms with van der Waals surface area (Å²) in [5.41, 5.74) is 0. The van der Waals surface area contributed by atoms with Crippen LogP contribution in [-0.4, -0.2) is 31.9 Å². The Morgan fingerprint density at radius 2 is 2.05 bits per heavy atom. The van der Waals surface area contributed by atoms with Crippen molar-refractivity contribution in [1.29, 1.82) is 0 Å². The molecule has 4 nitrogen and oxygen atoms in total. The Labute approximate surface area is 127 Å². The van der Waals surface area contributed by atoms with Crippen molar-refractivity contribution < 1.29 is 13.9 Å². The van der Waals surface area contributed by atoms with Crippen molar-refractivity contribution >= 4 is 11.3 Å². The topological polar surface area (TPSA) is 43.4 Å². The molecular weight excluding hydrogens is 291 g/mol. The van der Waals surface area contributed by atoms with Gasteiger partial charge >= 0.3 is 0 Å². The lowest BCUT2D eigenvalue weighted by molar-refractivity contribution is 0.199. The molecule has 0 radical (unpaired) electrons. The molecule has 1 heterocycles. The number of rotatable bonds is 9. The molecule has 1 aromatic heterocycles. The molecule has 0 spiro atoms. The van der Waals surface area contributed by atoms with E-state index < -0.39 is 0 Å². The molecule has 0 atom stereocenters. The van der Waals surface area contributed by atoms with E-state index in [1.807, 2.05) is 6.20 Å². The van der Waals surface area contributed by atoms with Gasteiger partial charge in [0.2, 0.25) is 0 Å². The number of nitrogens with zero attached hydrogens (tertiary/aromatic N) is 1. The van der Waals surface area contributed by atoms with E-state index >= 15 is 0 Å². The highest BCUT2D eigenvalue weighted by Crippen LogP contribution is 2.15. The average molecular weight is 310 g/mol. The van der Waals surface area contributed by atoms with Gasteiger partial charge in [-0.05, 0) is 24.3 Å². The molecule has 0 unspecified atom stereocenters. The van der Waals surface area contributed by atoms with Crippen LogP contribution in [-0.2, 0) is 17.7 Å². The molecule has 0 fully saturated rings. The fourth-order valence-electron chi connectivity index (χ4n) is 1.72. The van der Waals surface area contributed by atoms with Crippen LogP contribution < -0.4 is 10.1 Å². The number of ether oxygens (including phenoxy) is 2. The molecule has 0 bridgehead atoms. The molecule has 6 heteroatoms. The van der Waals surface area contributed by atoms with Gasteiger partial charge in [-0.3, -0.25) is 0 Å². The Hall–Kier alpha value is -1.50. The fraction of sp³-hybridized carbons (Fsp3) is 0.400. The lowest BCUT2D eigenvalue weighted by Gasteiger charge is -2.04. The van der Waals surface area contributed by atoms with Crippen LogP contribution in [0.25, 0.3) is 0 Å². The number of hydrogen-bond acceptors (Lipinski definition) is 5. The van der Waals surface area contributed by atoms with Gasteiger partial charge in [-0.25, -0.2) is 9.37 Å². The molecule has 0 saturated heterocycles. The van der Waals surface area contributed by atoms with Crippen LogP contribution in [0.1, 0.15) is 9.88 Å². The Morgan fingerprint density at radius 3 is 2.81 bits per heavy atom. The number of thiazole rings is 1. The number of hydrogen-bond donors (Lipinski definition) is 1. The first-order valence-electron chi connectivity index (χ1n) is 6.79. The number of nitrogens with one attached hydrogen (secondary N) is 1. The predicted octanol–water partition coefficient (Wildman–Crippen LogP) is 2.64. The van der Waals surface area contributed by atoms with E-state index in [0.29, 0.717) is 19.0 Å². The van der Waals surface area contributed by atoms with Gasteiger partial charge in [0, 0.05) is 37.7 Å². The van der Waals surface area contributed by atoms with Crippen molar-refractivity contribution in [1.82, 2.24) is 10.3 Å². The highest BCUT2D eigenvalue weighted by atomic mass is 32.1. The van der Waals surface area contributed by atoms with E-state index in [0.717, 1.165) is 24.5 Å². The number of halogens is 1. The molecule has 0 saturated carbocycles. The van der Waals surface area contributed by atoms with Crippen molar-refractivity contribution in [3.63, 3.8) is 0 Å². The van der Waals surface area contributed by atoms with Gasteiger partial charge < -0.3 is 14.8 Å². The highest BCUT2D eigenvalue weighted by molar-refractivity contribution is 7.11. The largest absolute Gasteiger partial charge is 0.493 e. The molecule has 1 N–H and O–H groups in total. The second-order valence-corrected chi connectivity index (χ2v) is 5.64. The summed E-state index contributed by atoms with van der Waals surface area (Å²) < 4.78 is 23.3. The monoisotopic (exact) mass is 310 g/mol. The maximum absolute atomic E-state index is 12.7. The summed E-state index contributed by atoms with van der Waals surface area (Å²) in [4.78, 5) is 5.56. The Bertz CT molecular complexity index is 531. The Kier molecular flexibility index (Phi) is 6.59. The van der Waals surface area contributed by atoms with Gasteiger partial charge in [-0.1, -0.05) is 0 Å². The van der Waals surface area contributed by atoms with Crippen LogP contribution in [0.3, 0.4) is 0 Å². The van der Waals surface area contributed by atoms with Crippen LogP contribution in [0.15, 0.2) is 30.5 Å². The minimum absolute atomic E-state index is 0.257. The van der Waals surface area contributed by atoms with E-state index in [-0.39, 0.29) is 5.82 Å². The van der Waals surface area contributed by atoms with Crippen LogP contribution in [0.5, 0.6) is 5.75 Å². The molecule has 1 aromatic carbocycles. The Morgan fingerprint density at radius 1 is 1.24 bits per heavy atom. The molecule has 2 rings (SSSR count). The second kappa shape index (κ2) is 8.71. The Balaban J connectivity index is 1.69. The third-order valence-corrected chi connectivity index (χ3v) is 3.84. The zero-order chi connectivity index (χ0) is 14.9. The summed E-state index contributed by atoms with van der Waals surface area (Å²) in [7, 11) is 1.69. The standard InChI is InChI=1S/C15H19FN2O2S/c1-19-9-7-17-10-14-11-18-15(21-14)6-8-20-13-4-2-12(16)3-5-13/h2-5,11,17H,6-10H2,1H3. The fourth-order valence-corrected chi connectivity index (χ4v) is 2.59. The van der Waals surface area contributed by atoms with Gasteiger partial charge in [-0.2, -0.15) is 0 Å². The van der Waals surface area contributed by atoms with Crippen molar-refractivity contribution in [3.05, 3.63) is 46.2 Å². The van der Waals surface area contributed by atoms with E-state index in [1.165, 1.54) is 17.0 Å². The summed E-state index contributed by atoms with van der Waals surface area (Å²) in [6.45, 7) is 2.88. The zero-order valence-corrected chi connectivity index (χ0v) is 12.8. The molecule has 0 aliphatic heterocycles. The van der Waals surface area contributed by atoms with Crippen LogP contribution >= 0.6 is 11.3 Å². The van der Waals surface area contributed by atoms with E-state index in [2.05, 4.69) is 10.3 Å². The van der Waals surface area contributed by atoms with Crippen LogP contribution in [0.4, 0.5) is 4.39 Å². The van der Waals surface area contributed by atoms with E-state index in [9.17, 15) is 4.39 Å². The van der Waals surface area contributed by atoms with E-state index in [4.69, 9.17) is 9.47 Å². The average Bonchev–Trinajstić information content (AvgIpc) is 2.94. The van der Waals surface area contributed by atoms with Crippen molar-refractivity contribution in [2.75, 3.05) is 26.9 Å². The first kappa shape index (κ1) is 15.9. The van der Waals surface area contributed by atoms with Gasteiger partial charge in [0.05, 0.1) is 18.2 Å². The van der Waals surface area contributed by atoms with Gasteiger partial charge in [0.1, 0.15) is 11.6 Å². The summed E-state index contributed by atoms with van der Waals surface area (Å²) in [5, 5.41) is 4.32. The van der Waals surface area contributed by atoms with Crippen LogP contribution in [0.2, 0.25) is 0 Å². The lowest BCUT2D eigenvalue weighted by atomic mass is 10.3. The number of methoxy groups -OCH3 is 1. The molecule has 0 aliphatic rings. The lowest BCUT2D eigenvalue weighted by Crippen LogP contribution is -2.17. The normalized spacial score (nSPS) is 10.8. The quantitative estimate of drug-likeness (QED) is 0.723. The second-order valence-electron chi connectivity index (χ2n) is 4.44. The molecule has 2 aromatic rings. The van der Waals surface area contributed by atoms with Crippen molar-refractivity contribution in [3.8, 4) is 5.75 Å². The molecular formula is C15H19FN2O2S. The predicted molar refractivity (Wildman–Crippen MR) is 81.3 cm³/mol. The maximum atomic E-state index is 12.7. The van der Waals surface area contributed by atoms with Crippen molar-refractivity contribution in [2.45, 2.75) is 13.0 Å². The summed E-state index contributed by atoms with van der Waals surface area (Å²) >= 11 is 1.67. The zero-order valence-electron chi connectivity index (χ0n) is 12.0. The minimum atomic E-state index is -0.257. The molecule has 21 heavy (non-hydrogen) atoms.